The molecule has 2 aliphatic heterocycles. The van der Waals surface area contributed by atoms with Crippen LogP contribution in [-0.4, -0.2) is 29.1 Å². The summed E-state index contributed by atoms with van der Waals surface area (Å²) < 4.78 is 11.1. The van der Waals surface area contributed by atoms with Gasteiger partial charge in [-0.1, -0.05) is 42.5 Å². The molecule has 30 heavy (non-hydrogen) atoms. The molecule has 3 aromatic carbocycles. The number of benzene rings is 3. The third-order valence-corrected chi connectivity index (χ3v) is 6.03. The average Bonchev–Trinajstić information content (AvgIpc) is 3.42. The summed E-state index contributed by atoms with van der Waals surface area (Å²) in [5.41, 5.74) is 5.16. The number of ether oxygens (including phenoxy) is 2. The predicted molar refractivity (Wildman–Crippen MR) is 114 cm³/mol. The highest BCUT2D eigenvalue weighted by Gasteiger charge is 2.35. The lowest BCUT2D eigenvalue weighted by atomic mass is 9.91. The van der Waals surface area contributed by atoms with E-state index in [0.29, 0.717) is 12.1 Å². The van der Waals surface area contributed by atoms with Gasteiger partial charge in [0.15, 0.2) is 11.5 Å². The maximum atomic E-state index is 13.5. The van der Waals surface area contributed by atoms with Crippen molar-refractivity contribution >= 4 is 16.8 Å². The van der Waals surface area contributed by atoms with Crippen LogP contribution in [0.2, 0.25) is 0 Å². The molecule has 5 nitrogen and oxygen atoms in total. The number of hydrogen-bond donors (Lipinski definition) is 1. The smallest absolute Gasteiger partial charge is 0.254 e. The van der Waals surface area contributed by atoms with E-state index in [0.717, 1.165) is 34.7 Å². The standard InChI is InChI=1S/C25H20N2O3/c28-25(16-6-2-1-3-7-16)27-13-12-19-18-8-4-5-9-20(18)26-23(19)24(27)17-10-11-21-22(14-17)30-15-29-21/h1-11,14,24,26H,12-13,15H2. The van der Waals surface area contributed by atoms with Crippen LogP contribution < -0.4 is 9.47 Å². The summed E-state index contributed by atoms with van der Waals surface area (Å²) in [5, 5.41) is 1.23. The molecule has 0 aliphatic carbocycles. The Morgan fingerprint density at radius 1 is 0.933 bits per heavy atom. The van der Waals surface area contributed by atoms with E-state index in [1.165, 1.54) is 10.9 Å². The van der Waals surface area contributed by atoms with Gasteiger partial charge in [-0.25, -0.2) is 0 Å². The van der Waals surface area contributed by atoms with Crippen molar-refractivity contribution in [3.8, 4) is 11.5 Å². The third-order valence-electron chi connectivity index (χ3n) is 6.03. The Kier molecular flexibility index (Phi) is 3.81. The SMILES string of the molecule is O=C(c1ccccc1)N1CCc2c([nH]c3ccccc23)C1c1ccc2c(c1)OCO2. The van der Waals surface area contributed by atoms with Gasteiger partial charge in [0.1, 0.15) is 0 Å². The van der Waals surface area contributed by atoms with Crippen LogP contribution in [0.15, 0.2) is 72.8 Å². The van der Waals surface area contributed by atoms with Gasteiger partial charge >= 0.3 is 0 Å². The van der Waals surface area contributed by atoms with Crippen LogP contribution in [0.3, 0.4) is 0 Å². The lowest BCUT2D eigenvalue weighted by Gasteiger charge is -2.36. The van der Waals surface area contributed by atoms with E-state index in [2.05, 4.69) is 23.2 Å². The molecule has 148 valence electrons. The molecule has 0 radical (unpaired) electrons. The van der Waals surface area contributed by atoms with Gasteiger partial charge in [-0.15, -0.1) is 0 Å². The fourth-order valence-electron chi connectivity index (χ4n) is 4.64. The number of amides is 1. The molecule has 1 N–H and O–H groups in total. The van der Waals surface area contributed by atoms with Crippen LogP contribution in [0, 0.1) is 0 Å². The van der Waals surface area contributed by atoms with Crippen molar-refractivity contribution in [2.75, 3.05) is 13.3 Å². The van der Waals surface area contributed by atoms with E-state index in [9.17, 15) is 4.79 Å². The predicted octanol–water partition coefficient (Wildman–Crippen LogP) is 4.68. The van der Waals surface area contributed by atoms with E-state index in [1.807, 2.05) is 59.5 Å². The lowest BCUT2D eigenvalue weighted by Crippen LogP contribution is -2.40. The molecule has 1 unspecified atom stereocenters. The van der Waals surface area contributed by atoms with Crippen LogP contribution in [0.5, 0.6) is 11.5 Å². The van der Waals surface area contributed by atoms with E-state index < -0.39 is 0 Å². The number of carbonyl (C=O) groups is 1. The number of rotatable bonds is 2. The number of fused-ring (bicyclic) bond motifs is 4. The molecule has 3 heterocycles. The number of nitrogens with zero attached hydrogens (tertiary/aromatic N) is 1. The van der Waals surface area contributed by atoms with Gasteiger partial charge in [0.25, 0.3) is 5.91 Å². The van der Waals surface area contributed by atoms with Crippen molar-refractivity contribution in [1.29, 1.82) is 0 Å². The van der Waals surface area contributed by atoms with Crippen LogP contribution in [0.25, 0.3) is 10.9 Å². The van der Waals surface area contributed by atoms with E-state index in [4.69, 9.17) is 9.47 Å². The molecular formula is C25H20N2O3. The average molecular weight is 396 g/mol. The van der Waals surface area contributed by atoms with Gasteiger partial charge in [-0.3, -0.25) is 4.79 Å². The minimum Gasteiger partial charge on any atom is -0.454 e. The second kappa shape index (κ2) is 6.66. The van der Waals surface area contributed by atoms with Crippen LogP contribution in [0.4, 0.5) is 0 Å². The molecule has 2 aliphatic rings. The van der Waals surface area contributed by atoms with Crippen molar-refractivity contribution in [3.05, 3.63) is 95.2 Å². The minimum absolute atomic E-state index is 0.0302. The zero-order valence-electron chi connectivity index (χ0n) is 16.3. The third kappa shape index (κ3) is 2.59. The first-order valence-electron chi connectivity index (χ1n) is 10.1. The molecule has 6 rings (SSSR count). The number of nitrogens with one attached hydrogen (secondary N) is 1. The highest BCUT2D eigenvalue weighted by atomic mass is 16.7. The number of aromatic nitrogens is 1. The van der Waals surface area contributed by atoms with Crippen molar-refractivity contribution < 1.29 is 14.3 Å². The maximum Gasteiger partial charge on any atom is 0.254 e. The normalized spacial score (nSPS) is 17.2. The van der Waals surface area contributed by atoms with Gasteiger partial charge in [0, 0.05) is 28.7 Å². The Labute approximate surface area is 173 Å². The minimum atomic E-state index is -0.219. The van der Waals surface area contributed by atoms with Crippen LogP contribution in [0.1, 0.15) is 33.2 Å². The molecule has 5 heteroatoms. The molecule has 0 spiro atoms. The number of hydrogen-bond acceptors (Lipinski definition) is 3. The Morgan fingerprint density at radius 2 is 1.73 bits per heavy atom. The summed E-state index contributed by atoms with van der Waals surface area (Å²) >= 11 is 0. The van der Waals surface area contributed by atoms with Crippen molar-refractivity contribution in [2.24, 2.45) is 0 Å². The highest BCUT2D eigenvalue weighted by molar-refractivity contribution is 5.95. The molecule has 0 saturated carbocycles. The molecule has 0 bridgehead atoms. The van der Waals surface area contributed by atoms with Crippen LogP contribution in [-0.2, 0) is 6.42 Å². The molecule has 1 aromatic heterocycles. The van der Waals surface area contributed by atoms with Gasteiger partial charge < -0.3 is 19.4 Å². The molecule has 1 amide bonds. The van der Waals surface area contributed by atoms with Crippen LogP contribution >= 0.6 is 0 Å². The first-order valence-corrected chi connectivity index (χ1v) is 10.1. The summed E-state index contributed by atoms with van der Waals surface area (Å²) in [6.07, 6.45) is 0.818. The first kappa shape index (κ1) is 17.2. The zero-order valence-corrected chi connectivity index (χ0v) is 16.3. The summed E-state index contributed by atoms with van der Waals surface area (Å²) in [5.74, 6) is 1.50. The fraction of sp³-hybridized carbons (Fsp3) is 0.160. The van der Waals surface area contributed by atoms with Gasteiger partial charge in [0.05, 0.1) is 6.04 Å². The van der Waals surface area contributed by atoms with E-state index in [1.54, 1.807) is 0 Å². The van der Waals surface area contributed by atoms with Crippen molar-refractivity contribution in [1.82, 2.24) is 9.88 Å². The van der Waals surface area contributed by atoms with Crippen molar-refractivity contribution in [2.45, 2.75) is 12.5 Å². The number of aromatic amines is 1. The van der Waals surface area contributed by atoms with Gasteiger partial charge in [-0.2, -0.15) is 0 Å². The number of carbonyl (C=O) groups excluding carboxylic acids is 1. The highest BCUT2D eigenvalue weighted by Crippen LogP contribution is 2.42. The lowest BCUT2D eigenvalue weighted by molar-refractivity contribution is 0.0691. The quantitative estimate of drug-likeness (QED) is 0.535. The summed E-state index contributed by atoms with van der Waals surface area (Å²) in [6.45, 7) is 0.884. The maximum absolute atomic E-state index is 13.5. The van der Waals surface area contributed by atoms with E-state index in [-0.39, 0.29) is 18.7 Å². The molecule has 4 aromatic rings. The molecule has 1 atom stereocenters. The summed E-state index contributed by atoms with van der Waals surface area (Å²) in [7, 11) is 0. The zero-order chi connectivity index (χ0) is 20.1. The van der Waals surface area contributed by atoms with Gasteiger partial charge in [-0.05, 0) is 47.9 Å². The van der Waals surface area contributed by atoms with Gasteiger partial charge in [0.2, 0.25) is 6.79 Å². The summed E-state index contributed by atoms with van der Waals surface area (Å²) in [6, 6.07) is 23.6. The molecule has 0 fully saturated rings. The monoisotopic (exact) mass is 396 g/mol. The largest absolute Gasteiger partial charge is 0.454 e. The Bertz CT molecular complexity index is 1260. The fourth-order valence-corrected chi connectivity index (χ4v) is 4.64. The first-order chi connectivity index (χ1) is 14.8. The Morgan fingerprint density at radius 3 is 2.63 bits per heavy atom. The number of para-hydroxylation sites is 1. The van der Waals surface area contributed by atoms with Crippen molar-refractivity contribution in [3.63, 3.8) is 0 Å². The number of H-pyrrole nitrogens is 1. The van der Waals surface area contributed by atoms with E-state index >= 15 is 0 Å². The summed E-state index contributed by atoms with van der Waals surface area (Å²) in [4.78, 5) is 19.1. The Balaban J connectivity index is 1.52. The second-order valence-corrected chi connectivity index (χ2v) is 7.69. The Hall–Kier alpha value is -3.73. The molecule has 0 saturated heterocycles. The second-order valence-electron chi connectivity index (χ2n) is 7.69. The molecular weight excluding hydrogens is 376 g/mol. The topological polar surface area (TPSA) is 54.6 Å².